The summed E-state index contributed by atoms with van der Waals surface area (Å²) in [6.07, 6.45) is 3.12. The van der Waals surface area contributed by atoms with E-state index in [-0.39, 0.29) is 5.91 Å². The fourth-order valence-corrected chi connectivity index (χ4v) is 3.95. The molecule has 0 unspecified atom stereocenters. The van der Waals surface area contributed by atoms with E-state index < -0.39 is 0 Å². The van der Waals surface area contributed by atoms with Crippen molar-refractivity contribution >= 4 is 38.3 Å². The third-order valence-corrected chi connectivity index (χ3v) is 5.16. The molecule has 2 aromatic carbocycles. The van der Waals surface area contributed by atoms with Crippen molar-refractivity contribution in [2.75, 3.05) is 4.90 Å². The Labute approximate surface area is 161 Å². The van der Waals surface area contributed by atoms with E-state index in [4.69, 9.17) is 0 Å². The van der Waals surface area contributed by atoms with Crippen molar-refractivity contribution in [3.05, 3.63) is 77.4 Å². The Bertz CT molecular complexity index is 1080. The van der Waals surface area contributed by atoms with Crippen LogP contribution in [0.1, 0.15) is 27.3 Å². The highest BCUT2D eigenvalue weighted by atomic mass is 32.1. The summed E-state index contributed by atoms with van der Waals surface area (Å²) < 4.78 is 1.03. The van der Waals surface area contributed by atoms with Gasteiger partial charge in [0.25, 0.3) is 5.91 Å². The number of amides is 1. The molecule has 0 aliphatic carbocycles. The summed E-state index contributed by atoms with van der Waals surface area (Å²) in [6.45, 7) is 5.88. The Kier molecular flexibility index (Phi) is 4.41. The molecule has 4 aromatic rings. The van der Waals surface area contributed by atoms with Crippen LogP contribution in [0.25, 0.3) is 10.2 Å². The Morgan fingerprint density at radius 1 is 0.963 bits per heavy atom. The number of carbonyl (C=O) groups excluding carboxylic acids is 1. The number of rotatable bonds is 3. The average Bonchev–Trinajstić information content (AvgIpc) is 3.05. The van der Waals surface area contributed by atoms with Crippen molar-refractivity contribution in [1.29, 1.82) is 0 Å². The number of anilines is 2. The average molecular weight is 374 g/mol. The zero-order valence-corrected chi connectivity index (χ0v) is 16.1. The fourth-order valence-electron chi connectivity index (χ4n) is 2.97. The lowest BCUT2D eigenvalue weighted by Gasteiger charge is -2.20. The molecular weight excluding hydrogens is 356 g/mol. The first-order chi connectivity index (χ1) is 13.0. The summed E-state index contributed by atoms with van der Waals surface area (Å²) in [4.78, 5) is 28.2. The molecule has 5 nitrogen and oxygen atoms in total. The van der Waals surface area contributed by atoms with Crippen LogP contribution >= 0.6 is 11.3 Å². The van der Waals surface area contributed by atoms with Crippen LogP contribution in [0.5, 0.6) is 0 Å². The van der Waals surface area contributed by atoms with Gasteiger partial charge in [0.2, 0.25) is 0 Å². The molecule has 2 aromatic heterocycles. The van der Waals surface area contributed by atoms with Gasteiger partial charge in [0, 0.05) is 6.20 Å². The topological polar surface area (TPSA) is 59.0 Å². The van der Waals surface area contributed by atoms with Gasteiger partial charge >= 0.3 is 0 Å². The van der Waals surface area contributed by atoms with Crippen molar-refractivity contribution < 1.29 is 4.79 Å². The number of benzene rings is 2. The molecule has 134 valence electrons. The summed E-state index contributed by atoms with van der Waals surface area (Å²) >= 11 is 1.48. The summed E-state index contributed by atoms with van der Waals surface area (Å²) in [6, 6.07) is 13.9. The number of aromatic nitrogens is 3. The number of nitrogens with zero attached hydrogens (tertiary/aromatic N) is 4. The van der Waals surface area contributed by atoms with Gasteiger partial charge in [0.1, 0.15) is 5.69 Å². The summed E-state index contributed by atoms with van der Waals surface area (Å²) in [7, 11) is 0. The highest BCUT2D eigenvalue weighted by Crippen LogP contribution is 2.35. The molecule has 2 heterocycles. The molecule has 0 aliphatic heterocycles. The SMILES string of the molecule is Cc1cc(C)cc(N(C(=O)c2cnc(C)cn2)c2nc3ccccc3s2)c1. The minimum Gasteiger partial charge on any atom is -0.266 e. The van der Waals surface area contributed by atoms with E-state index in [2.05, 4.69) is 21.0 Å². The molecule has 0 atom stereocenters. The van der Waals surface area contributed by atoms with Crippen LogP contribution in [-0.4, -0.2) is 20.9 Å². The molecule has 6 heteroatoms. The normalized spacial score (nSPS) is 10.9. The van der Waals surface area contributed by atoms with E-state index in [1.165, 1.54) is 17.5 Å². The first-order valence-corrected chi connectivity index (χ1v) is 9.40. The minimum atomic E-state index is -0.244. The van der Waals surface area contributed by atoms with Crippen LogP contribution in [0, 0.1) is 20.8 Å². The molecule has 0 bridgehead atoms. The highest BCUT2D eigenvalue weighted by molar-refractivity contribution is 7.22. The zero-order chi connectivity index (χ0) is 19.0. The van der Waals surface area contributed by atoms with Gasteiger partial charge in [-0.1, -0.05) is 29.5 Å². The molecule has 0 saturated heterocycles. The second kappa shape index (κ2) is 6.89. The molecule has 27 heavy (non-hydrogen) atoms. The van der Waals surface area contributed by atoms with E-state index in [0.29, 0.717) is 10.8 Å². The second-order valence-electron chi connectivity index (χ2n) is 6.49. The lowest BCUT2D eigenvalue weighted by atomic mass is 10.1. The van der Waals surface area contributed by atoms with Gasteiger partial charge in [-0.25, -0.2) is 9.97 Å². The number of fused-ring (bicyclic) bond motifs is 1. The van der Waals surface area contributed by atoms with Crippen LogP contribution in [0.2, 0.25) is 0 Å². The van der Waals surface area contributed by atoms with E-state index in [1.807, 2.05) is 57.2 Å². The minimum absolute atomic E-state index is 0.244. The van der Waals surface area contributed by atoms with E-state index in [9.17, 15) is 4.79 Å². The monoisotopic (exact) mass is 374 g/mol. The predicted molar refractivity (Wildman–Crippen MR) is 109 cm³/mol. The van der Waals surface area contributed by atoms with Crippen LogP contribution in [0.15, 0.2) is 54.9 Å². The van der Waals surface area contributed by atoms with Crippen molar-refractivity contribution in [2.24, 2.45) is 0 Å². The van der Waals surface area contributed by atoms with Crippen LogP contribution in [0.3, 0.4) is 0 Å². The molecule has 0 aliphatic rings. The van der Waals surface area contributed by atoms with Crippen molar-refractivity contribution in [1.82, 2.24) is 15.0 Å². The van der Waals surface area contributed by atoms with Gasteiger partial charge in [-0.2, -0.15) is 0 Å². The smallest absolute Gasteiger partial charge is 0.266 e. The predicted octanol–water partition coefficient (Wildman–Crippen LogP) is 4.99. The van der Waals surface area contributed by atoms with E-state index in [1.54, 1.807) is 11.1 Å². The molecule has 0 radical (unpaired) electrons. The lowest BCUT2D eigenvalue weighted by molar-refractivity contribution is 0.0994. The Morgan fingerprint density at radius 3 is 2.37 bits per heavy atom. The lowest BCUT2D eigenvalue weighted by Crippen LogP contribution is -2.27. The Morgan fingerprint density at radius 2 is 1.70 bits per heavy atom. The molecule has 0 fully saturated rings. The third-order valence-electron chi connectivity index (χ3n) is 4.14. The van der Waals surface area contributed by atoms with E-state index in [0.717, 1.165) is 32.7 Å². The molecular formula is C21H18N4OS. The number of aryl methyl sites for hydroxylation is 3. The number of hydrogen-bond acceptors (Lipinski definition) is 5. The third kappa shape index (κ3) is 3.44. The van der Waals surface area contributed by atoms with Gasteiger partial charge in [0.15, 0.2) is 5.13 Å². The van der Waals surface area contributed by atoms with Crippen LogP contribution < -0.4 is 4.90 Å². The first-order valence-electron chi connectivity index (χ1n) is 8.58. The molecule has 4 rings (SSSR count). The second-order valence-corrected chi connectivity index (χ2v) is 7.50. The summed E-state index contributed by atoms with van der Waals surface area (Å²) in [5.74, 6) is -0.244. The fraction of sp³-hybridized carbons (Fsp3) is 0.143. The van der Waals surface area contributed by atoms with Crippen molar-refractivity contribution in [3.63, 3.8) is 0 Å². The standard InChI is InChI=1S/C21H18N4OS/c1-13-8-14(2)10-16(9-13)25(20(26)18-12-22-15(3)11-23-18)21-24-17-6-4-5-7-19(17)27-21/h4-12H,1-3H3. The number of hydrogen-bond donors (Lipinski definition) is 0. The molecule has 0 saturated carbocycles. The zero-order valence-electron chi connectivity index (χ0n) is 15.3. The maximum atomic E-state index is 13.3. The summed E-state index contributed by atoms with van der Waals surface area (Å²) in [5.41, 5.74) is 4.87. The van der Waals surface area contributed by atoms with Crippen LogP contribution in [-0.2, 0) is 0 Å². The Balaban J connectivity index is 1.88. The largest absolute Gasteiger partial charge is 0.284 e. The van der Waals surface area contributed by atoms with Crippen LogP contribution in [0.4, 0.5) is 10.8 Å². The van der Waals surface area contributed by atoms with Gasteiger partial charge < -0.3 is 0 Å². The van der Waals surface area contributed by atoms with Gasteiger partial charge in [0.05, 0.1) is 27.8 Å². The quantitative estimate of drug-likeness (QED) is 0.507. The number of thiazole rings is 1. The molecule has 1 amide bonds. The molecule has 0 spiro atoms. The maximum absolute atomic E-state index is 13.3. The Hall–Kier alpha value is -3.12. The summed E-state index contributed by atoms with van der Waals surface area (Å²) in [5, 5.41) is 0.619. The van der Waals surface area contributed by atoms with Crippen molar-refractivity contribution in [2.45, 2.75) is 20.8 Å². The molecule has 0 N–H and O–H groups in total. The number of carbonyl (C=O) groups is 1. The van der Waals surface area contributed by atoms with E-state index >= 15 is 0 Å². The first kappa shape index (κ1) is 17.3. The van der Waals surface area contributed by atoms with Gasteiger partial charge in [-0.3, -0.25) is 14.7 Å². The maximum Gasteiger partial charge on any atom is 0.284 e. The van der Waals surface area contributed by atoms with Crippen molar-refractivity contribution in [3.8, 4) is 0 Å². The highest BCUT2D eigenvalue weighted by Gasteiger charge is 2.25. The number of para-hydroxylation sites is 1. The van der Waals surface area contributed by atoms with Gasteiger partial charge in [-0.15, -0.1) is 0 Å². The van der Waals surface area contributed by atoms with Gasteiger partial charge in [-0.05, 0) is 56.2 Å².